The Morgan fingerprint density at radius 3 is 2.40 bits per heavy atom. The van der Waals surface area contributed by atoms with Gasteiger partial charge in [0.2, 0.25) is 5.88 Å². The van der Waals surface area contributed by atoms with Crippen molar-refractivity contribution in [2.75, 3.05) is 0 Å². The van der Waals surface area contributed by atoms with Crippen molar-refractivity contribution in [3.63, 3.8) is 0 Å². The number of aromatic nitrogens is 1. The third-order valence-corrected chi connectivity index (χ3v) is 3.69. The Kier molecular flexibility index (Phi) is 3.71. The van der Waals surface area contributed by atoms with E-state index in [1.54, 1.807) is 12.1 Å². The summed E-state index contributed by atoms with van der Waals surface area (Å²) in [7, 11) is -4.03. The standard InChI is InChI=1S/C13H11NO5S/c1-9-5-7-10(8-6-9)20(17,18)19-12-4-2-3-11(14-12)13(15)16/h2-8H,1H3,(H,15,16). The van der Waals surface area contributed by atoms with Crippen LogP contribution in [0.25, 0.3) is 0 Å². The Bertz CT molecular complexity index is 738. The molecule has 0 bridgehead atoms. The van der Waals surface area contributed by atoms with Crippen LogP contribution in [0.15, 0.2) is 47.4 Å². The van der Waals surface area contributed by atoms with Crippen molar-refractivity contribution < 1.29 is 22.5 Å². The predicted octanol–water partition coefficient (Wildman–Crippen LogP) is 1.86. The van der Waals surface area contributed by atoms with Crippen molar-refractivity contribution in [2.45, 2.75) is 11.8 Å². The summed E-state index contributed by atoms with van der Waals surface area (Å²) >= 11 is 0. The lowest BCUT2D eigenvalue weighted by molar-refractivity contribution is 0.0689. The molecule has 1 aromatic heterocycles. The molecule has 0 aliphatic heterocycles. The van der Waals surface area contributed by atoms with E-state index < -0.39 is 16.1 Å². The summed E-state index contributed by atoms with van der Waals surface area (Å²) in [4.78, 5) is 14.3. The molecule has 0 unspecified atom stereocenters. The highest BCUT2D eigenvalue weighted by Crippen LogP contribution is 2.17. The highest BCUT2D eigenvalue weighted by atomic mass is 32.2. The zero-order chi connectivity index (χ0) is 14.8. The number of hydrogen-bond donors (Lipinski definition) is 1. The van der Waals surface area contributed by atoms with E-state index in [9.17, 15) is 13.2 Å². The summed E-state index contributed by atoms with van der Waals surface area (Å²) in [5.74, 6) is -1.55. The first kappa shape index (κ1) is 14.0. The number of pyridine rings is 1. The highest BCUT2D eigenvalue weighted by molar-refractivity contribution is 7.87. The number of aryl methyl sites for hydroxylation is 1. The van der Waals surface area contributed by atoms with Gasteiger partial charge in [-0.3, -0.25) is 0 Å². The molecule has 2 rings (SSSR count). The van der Waals surface area contributed by atoms with Gasteiger partial charge in [-0.25, -0.2) is 9.78 Å². The van der Waals surface area contributed by atoms with Crippen molar-refractivity contribution in [1.82, 2.24) is 4.98 Å². The topological polar surface area (TPSA) is 93.6 Å². The number of aromatic carboxylic acids is 1. The first-order chi connectivity index (χ1) is 9.38. The van der Waals surface area contributed by atoms with Gasteiger partial charge in [0.1, 0.15) is 4.90 Å². The fourth-order valence-electron chi connectivity index (χ4n) is 1.45. The average Bonchev–Trinajstić information content (AvgIpc) is 2.39. The van der Waals surface area contributed by atoms with E-state index in [0.29, 0.717) is 0 Å². The second-order valence-electron chi connectivity index (χ2n) is 4.02. The molecule has 0 saturated heterocycles. The van der Waals surface area contributed by atoms with Crippen LogP contribution >= 0.6 is 0 Å². The summed E-state index contributed by atoms with van der Waals surface area (Å²) in [6.45, 7) is 1.83. The quantitative estimate of drug-likeness (QED) is 0.865. The van der Waals surface area contributed by atoms with Gasteiger partial charge in [0.25, 0.3) is 0 Å². The second-order valence-corrected chi connectivity index (χ2v) is 5.56. The molecule has 0 saturated carbocycles. The summed E-state index contributed by atoms with van der Waals surface area (Å²) in [5.41, 5.74) is 0.622. The molecule has 104 valence electrons. The summed E-state index contributed by atoms with van der Waals surface area (Å²) in [6.07, 6.45) is 0. The molecule has 1 aromatic carbocycles. The van der Waals surface area contributed by atoms with Crippen LogP contribution in [0, 0.1) is 6.92 Å². The third-order valence-electron chi connectivity index (χ3n) is 2.45. The van der Waals surface area contributed by atoms with E-state index in [1.165, 1.54) is 30.3 Å². The first-order valence-corrected chi connectivity index (χ1v) is 7.01. The van der Waals surface area contributed by atoms with Crippen LogP contribution in [0.5, 0.6) is 5.88 Å². The minimum Gasteiger partial charge on any atom is -0.477 e. The van der Waals surface area contributed by atoms with Crippen LogP contribution in [-0.2, 0) is 10.1 Å². The van der Waals surface area contributed by atoms with Gasteiger partial charge in [0.15, 0.2) is 5.69 Å². The van der Waals surface area contributed by atoms with E-state index in [-0.39, 0.29) is 16.5 Å². The van der Waals surface area contributed by atoms with Crippen LogP contribution in [0.3, 0.4) is 0 Å². The van der Waals surface area contributed by atoms with Crippen LogP contribution in [0.4, 0.5) is 0 Å². The van der Waals surface area contributed by atoms with E-state index in [4.69, 9.17) is 9.29 Å². The number of nitrogens with zero attached hydrogens (tertiary/aromatic N) is 1. The summed E-state index contributed by atoms with van der Waals surface area (Å²) < 4.78 is 28.8. The van der Waals surface area contributed by atoms with Gasteiger partial charge >= 0.3 is 16.1 Å². The van der Waals surface area contributed by atoms with Crippen LogP contribution < -0.4 is 4.18 Å². The summed E-state index contributed by atoms with van der Waals surface area (Å²) in [5, 5.41) is 8.79. The van der Waals surface area contributed by atoms with Gasteiger partial charge in [-0.2, -0.15) is 8.42 Å². The molecule has 1 heterocycles. The number of carbonyl (C=O) groups is 1. The first-order valence-electron chi connectivity index (χ1n) is 5.60. The number of carboxylic acid groups (broad SMARTS) is 1. The van der Waals surface area contributed by atoms with Crippen molar-refractivity contribution in [2.24, 2.45) is 0 Å². The van der Waals surface area contributed by atoms with E-state index in [0.717, 1.165) is 5.56 Å². The van der Waals surface area contributed by atoms with Gasteiger partial charge in [-0.15, -0.1) is 0 Å². The molecule has 0 amide bonds. The smallest absolute Gasteiger partial charge is 0.354 e. The molecule has 2 aromatic rings. The summed E-state index contributed by atoms with van der Waals surface area (Å²) in [6, 6.07) is 9.97. The maximum absolute atomic E-state index is 12.0. The lowest BCUT2D eigenvalue weighted by Gasteiger charge is -2.06. The Hall–Kier alpha value is -2.41. The number of benzene rings is 1. The Morgan fingerprint density at radius 2 is 1.80 bits per heavy atom. The van der Waals surface area contributed by atoms with Gasteiger partial charge in [0, 0.05) is 6.07 Å². The molecule has 0 atom stereocenters. The third kappa shape index (κ3) is 3.12. The molecular formula is C13H11NO5S. The van der Waals surface area contributed by atoms with Gasteiger partial charge in [0.05, 0.1) is 0 Å². The fraction of sp³-hybridized carbons (Fsp3) is 0.0769. The molecule has 0 aliphatic rings. The maximum Gasteiger partial charge on any atom is 0.354 e. The fourth-order valence-corrected chi connectivity index (χ4v) is 2.33. The molecule has 20 heavy (non-hydrogen) atoms. The monoisotopic (exact) mass is 293 g/mol. The molecular weight excluding hydrogens is 282 g/mol. The van der Waals surface area contributed by atoms with Gasteiger partial charge in [-0.05, 0) is 25.1 Å². The van der Waals surface area contributed by atoms with Crippen molar-refractivity contribution in [1.29, 1.82) is 0 Å². The van der Waals surface area contributed by atoms with Gasteiger partial charge in [-0.1, -0.05) is 23.8 Å². The number of hydrogen-bond acceptors (Lipinski definition) is 5. The normalized spacial score (nSPS) is 11.1. The highest BCUT2D eigenvalue weighted by Gasteiger charge is 2.18. The number of rotatable bonds is 4. The Morgan fingerprint density at radius 1 is 1.15 bits per heavy atom. The molecule has 0 fully saturated rings. The molecule has 1 N–H and O–H groups in total. The predicted molar refractivity (Wildman–Crippen MR) is 70.2 cm³/mol. The van der Waals surface area contributed by atoms with Crippen LogP contribution in [0.1, 0.15) is 16.1 Å². The van der Waals surface area contributed by atoms with E-state index in [1.807, 2.05) is 6.92 Å². The van der Waals surface area contributed by atoms with Crippen molar-refractivity contribution in [3.05, 3.63) is 53.7 Å². The Balaban J connectivity index is 2.31. The molecule has 0 spiro atoms. The van der Waals surface area contributed by atoms with Crippen molar-refractivity contribution in [3.8, 4) is 5.88 Å². The second kappa shape index (κ2) is 5.30. The average molecular weight is 293 g/mol. The largest absolute Gasteiger partial charge is 0.477 e. The molecule has 7 heteroatoms. The number of carboxylic acids is 1. The van der Waals surface area contributed by atoms with Crippen molar-refractivity contribution >= 4 is 16.1 Å². The molecule has 0 radical (unpaired) electrons. The lowest BCUT2D eigenvalue weighted by Crippen LogP contribution is -2.11. The zero-order valence-electron chi connectivity index (χ0n) is 10.5. The zero-order valence-corrected chi connectivity index (χ0v) is 11.3. The molecule has 0 aliphatic carbocycles. The SMILES string of the molecule is Cc1ccc(S(=O)(=O)Oc2cccc(C(=O)O)n2)cc1. The minimum atomic E-state index is -4.03. The van der Waals surface area contributed by atoms with E-state index >= 15 is 0 Å². The Labute approximate surface area is 115 Å². The maximum atomic E-state index is 12.0. The minimum absolute atomic E-state index is 0.0226. The van der Waals surface area contributed by atoms with E-state index in [2.05, 4.69) is 4.98 Å². The molecule has 6 nitrogen and oxygen atoms in total. The lowest BCUT2D eigenvalue weighted by atomic mass is 10.2. The van der Waals surface area contributed by atoms with Crippen LogP contribution in [0.2, 0.25) is 0 Å². The van der Waals surface area contributed by atoms with Gasteiger partial charge < -0.3 is 9.29 Å². The van der Waals surface area contributed by atoms with Crippen LogP contribution in [-0.4, -0.2) is 24.5 Å².